The average molecular weight is 478 g/mol. The summed E-state index contributed by atoms with van der Waals surface area (Å²) in [4.78, 5) is 15.9. The van der Waals surface area contributed by atoms with Gasteiger partial charge in [0.1, 0.15) is 5.69 Å². The van der Waals surface area contributed by atoms with Gasteiger partial charge < -0.3 is 9.47 Å². The third kappa shape index (κ3) is 4.81. The molecule has 34 heavy (non-hydrogen) atoms. The number of hydrogen-bond donors (Lipinski definition) is 1. The van der Waals surface area contributed by atoms with E-state index in [2.05, 4.69) is 33.9 Å². The first kappa shape index (κ1) is 22.9. The normalized spacial score (nSPS) is 20.0. The van der Waals surface area contributed by atoms with Gasteiger partial charge in [0.2, 0.25) is 0 Å². The summed E-state index contributed by atoms with van der Waals surface area (Å²) >= 11 is 0. The fourth-order valence-corrected chi connectivity index (χ4v) is 6.43. The van der Waals surface area contributed by atoms with Crippen LogP contribution in [0.3, 0.4) is 0 Å². The Balaban J connectivity index is 1.29. The molecule has 1 saturated heterocycles. The molecule has 1 aromatic heterocycles. The van der Waals surface area contributed by atoms with Gasteiger partial charge >= 0.3 is 0 Å². The van der Waals surface area contributed by atoms with Crippen LogP contribution in [-0.2, 0) is 23.0 Å². The Morgan fingerprint density at radius 3 is 2.47 bits per heavy atom. The van der Waals surface area contributed by atoms with Crippen LogP contribution in [0.1, 0.15) is 35.6 Å². The van der Waals surface area contributed by atoms with Crippen LogP contribution >= 0.6 is 0 Å². The lowest BCUT2D eigenvalue weighted by atomic mass is 9.83. The maximum Gasteiger partial charge on any atom is 0.275 e. The van der Waals surface area contributed by atoms with Crippen molar-refractivity contribution in [2.45, 2.75) is 43.5 Å². The summed E-state index contributed by atoms with van der Waals surface area (Å²) in [6.07, 6.45) is 3.28. The van der Waals surface area contributed by atoms with Gasteiger partial charge in [-0.15, -0.1) is 0 Å². The van der Waals surface area contributed by atoms with E-state index in [1.807, 2.05) is 19.1 Å². The first-order chi connectivity index (χ1) is 16.4. The number of likely N-dealkylation sites (tertiary alicyclic amines) is 1. The number of piperidine rings is 1. The van der Waals surface area contributed by atoms with Crippen molar-refractivity contribution in [2.75, 3.05) is 24.4 Å². The van der Waals surface area contributed by atoms with Gasteiger partial charge in [0.15, 0.2) is 0 Å². The largest absolute Gasteiger partial charge is 0.310 e. The maximum atomic E-state index is 13.2. The number of rotatable bonds is 7. The summed E-state index contributed by atoms with van der Waals surface area (Å²) < 4.78 is 29.9. The zero-order valence-corrected chi connectivity index (χ0v) is 20.3. The number of sulfonamides is 1. The lowest BCUT2D eigenvalue weighted by Gasteiger charge is -2.43. The van der Waals surface area contributed by atoms with Crippen LogP contribution in [0.5, 0.6) is 0 Å². The highest BCUT2D eigenvalue weighted by atomic mass is 32.2. The fraction of sp³-hybridized carbons (Fsp3) is 0.370. The number of aryl methyl sites for hydroxylation is 2. The van der Waals surface area contributed by atoms with Crippen molar-refractivity contribution in [2.24, 2.45) is 5.92 Å². The Morgan fingerprint density at radius 2 is 1.71 bits per heavy atom. The molecule has 0 aliphatic carbocycles. The van der Waals surface area contributed by atoms with E-state index >= 15 is 0 Å². The third-order valence-electron chi connectivity index (χ3n) is 7.04. The standard InChI is InChI=1S/C27H31N3O3S/c1-20-9-11-24(12-10-20)34(32,33)28-25-13-14-26-23-16-22(18-30(26)27(25)31)17-29(19-23)15-5-8-21-6-3-2-4-7-21/h2-4,6-7,9-14,22-23,28H,5,8,15-19H2,1H3. The molecule has 0 saturated carbocycles. The number of benzene rings is 2. The number of anilines is 1. The number of aromatic nitrogens is 1. The Morgan fingerprint density at radius 1 is 0.941 bits per heavy atom. The number of nitrogens with one attached hydrogen (secondary N) is 1. The van der Waals surface area contributed by atoms with Gasteiger partial charge in [-0.25, -0.2) is 8.42 Å². The summed E-state index contributed by atoms with van der Waals surface area (Å²) in [6, 6.07) is 20.8. The molecule has 7 heteroatoms. The zero-order valence-electron chi connectivity index (χ0n) is 19.5. The summed E-state index contributed by atoms with van der Waals surface area (Å²) in [6.45, 7) is 5.52. The highest BCUT2D eigenvalue weighted by molar-refractivity contribution is 7.92. The molecule has 2 atom stereocenters. The molecule has 2 aliphatic heterocycles. The molecule has 2 aromatic carbocycles. The second-order valence-corrected chi connectivity index (χ2v) is 11.3. The quantitative estimate of drug-likeness (QED) is 0.558. The van der Waals surface area contributed by atoms with E-state index in [0.717, 1.165) is 50.2 Å². The molecule has 0 radical (unpaired) electrons. The number of nitrogens with zero attached hydrogens (tertiary/aromatic N) is 2. The van der Waals surface area contributed by atoms with E-state index in [4.69, 9.17) is 0 Å². The van der Waals surface area contributed by atoms with E-state index in [9.17, 15) is 13.2 Å². The van der Waals surface area contributed by atoms with Gasteiger partial charge in [0.25, 0.3) is 15.6 Å². The van der Waals surface area contributed by atoms with Crippen molar-refractivity contribution in [1.29, 1.82) is 0 Å². The van der Waals surface area contributed by atoms with Gasteiger partial charge in [0, 0.05) is 31.2 Å². The third-order valence-corrected chi connectivity index (χ3v) is 8.42. The molecule has 3 aromatic rings. The Hall–Kier alpha value is -2.90. The van der Waals surface area contributed by atoms with Crippen LogP contribution in [-0.4, -0.2) is 37.5 Å². The molecule has 178 valence electrons. The first-order valence-electron chi connectivity index (χ1n) is 12.0. The molecular weight excluding hydrogens is 446 g/mol. The minimum Gasteiger partial charge on any atom is -0.310 e. The number of fused-ring (bicyclic) bond motifs is 4. The molecule has 0 amide bonds. The van der Waals surface area contributed by atoms with Crippen LogP contribution in [0.4, 0.5) is 5.69 Å². The SMILES string of the molecule is Cc1ccc(S(=O)(=O)Nc2ccc3n(c2=O)CC2CC3CN(CCCc3ccccc3)C2)cc1. The number of pyridine rings is 1. The van der Waals surface area contributed by atoms with Gasteiger partial charge in [-0.05, 0) is 68.5 Å². The average Bonchev–Trinajstić information content (AvgIpc) is 2.82. The summed E-state index contributed by atoms with van der Waals surface area (Å²) in [5.41, 5.74) is 3.24. The highest BCUT2D eigenvalue weighted by Gasteiger charge is 2.35. The smallest absolute Gasteiger partial charge is 0.275 e. The minimum atomic E-state index is -3.81. The molecule has 5 rings (SSSR count). The second kappa shape index (κ2) is 9.39. The van der Waals surface area contributed by atoms with Crippen molar-refractivity contribution in [1.82, 2.24) is 9.47 Å². The first-order valence-corrected chi connectivity index (χ1v) is 13.5. The topological polar surface area (TPSA) is 71.4 Å². The van der Waals surface area contributed by atoms with Crippen molar-refractivity contribution < 1.29 is 8.42 Å². The van der Waals surface area contributed by atoms with E-state index < -0.39 is 10.0 Å². The van der Waals surface area contributed by atoms with Crippen molar-refractivity contribution in [3.8, 4) is 0 Å². The lowest BCUT2D eigenvalue weighted by molar-refractivity contribution is 0.119. The lowest BCUT2D eigenvalue weighted by Crippen LogP contribution is -2.47. The van der Waals surface area contributed by atoms with Crippen LogP contribution in [0.2, 0.25) is 0 Å². The zero-order chi connectivity index (χ0) is 23.7. The summed E-state index contributed by atoms with van der Waals surface area (Å²) in [5.74, 6) is 0.712. The molecule has 1 N–H and O–H groups in total. The number of hydrogen-bond acceptors (Lipinski definition) is 4. The van der Waals surface area contributed by atoms with Crippen molar-refractivity contribution >= 4 is 15.7 Å². The highest BCUT2D eigenvalue weighted by Crippen LogP contribution is 2.35. The van der Waals surface area contributed by atoms with Gasteiger partial charge in [-0.2, -0.15) is 0 Å². The van der Waals surface area contributed by atoms with Gasteiger partial charge in [0.05, 0.1) is 4.90 Å². The predicted molar refractivity (Wildman–Crippen MR) is 135 cm³/mol. The Kier molecular flexibility index (Phi) is 6.32. The molecule has 2 unspecified atom stereocenters. The van der Waals surface area contributed by atoms with Crippen molar-refractivity contribution in [3.63, 3.8) is 0 Å². The maximum absolute atomic E-state index is 13.2. The molecule has 6 nitrogen and oxygen atoms in total. The summed E-state index contributed by atoms with van der Waals surface area (Å²) in [7, 11) is -3.81. The van der Waals surface area contributed by atoms with Gasteiger partial charge in [-0.1, -0.05) is 48.0 Å². The van der Waals surface area contributed by atoms with Crippen LogP contribution in [0.25, 0.3) is 0 Å². The van der Waals surface area contributed by atoms with E-state index in [-0.39, 0.29) is 16.1 Å². The van der Waals surface area contributed by atoms with Gasteiger partial charge in [-0.3, -0.25) is 9.52 Å². The van der Waals surface area contributed by atoms with Crippen LogP contribution < -0.4 is 10.3 Å². The minimum absolute atomic E-state index is 0.115. The van der Waals surface area contributed by atoms with E-state index in [1.54, 1.807) is 34.9 Å². The molecule has 2 bridgehead atoms. The summed E-state index contributed by atoms with van der Waals surface area (Å²) in [5, 5.41) is 0. The Labute approximate surface area is 201 Å². The van der Waals surface area contributed by atoms with E-state index in [0.29, 0.717) is 18.4 Å². The molecule has 3 heterocycles. The molecule has 1 fully saturated rings. The van der Waals surface area contributed by atoms with Crippen molar-refractivity contribution in [3.05, 3.63) is 93.9 Å². The monoisotopic (exact) mass is 477 g/mol. The van der Waals surface area contributed by atoms with Crippen LogP contribution in [0, 0.1) is 12.8 Å². The second-order valence-electron chi connectivity index (χ2n) is 9.65. The Bertz CT molecular complexity index is 1320. The van der Waals surface area contributed by atoms with E-state index in [1.165, 1.54) is 5.56 Å². The molecule has 0 spiro atoms. The molecular formula is C27H31N3O3S. The molecule has 2 aliphatic rings. The predicted octanol–water partition coefficient (Wildman–Crippen LogP) is 4.01. The fourth-order valence-electron chi connectivity index (χ4n) is 5.38. The van der Waals surface area contributed by atoms with Crippen LogP contribution in [0.15, 0.2) is 76.4 Å².